The number of hydrogen-bond acceptors (Lipinski definition) is 4. The average Bonchev–Trinajstić information content (AvgIpc) is 2.55. The first-order valence-corrected chi connectivity index (χ1v) is 6.12. The van der Waals surface area contributed by atoms with Crippen molar-refractivity contribution in [3.05, 3.63) is 21.5 Å². The van der Waals surface area contributed by atoms with Crippen LogP contribution >= 0.6 is 0 Å². The Hall–Kier alpha value is -1.72. The third-order valence-corrected chi connectivity index (χ3v) is 2.72. The van der Waals surface area contributed by atoms with Gasteiger partial charge in [0.25, 0.3) is 0 Å². The van der Waals surface area contributed by atoms with Gasteiger partial charge in [0, 0.05) is 12.5 Å². The van der Waals surface area contributed by atoms with Crippen LogP contribution in [0.2, 0.25) is 0 Å². The molecule has 6 heteroatoms. The second kappa shape index (κ2) is 5.75. The smallest absolute Gasteiger partial charge is 0.299 e. The van der Waals surface area contributed by atoms with Crippen molar-refractivity contribution in [1.82, 2.24) is 9.78 Å². The zero-order valence-corrected chi connectivity index (χ0v) is 11.3. The first-order chi connectivity index (χ1) is 8.38. The van der Waals surface area contributed by atoms with Gasteiger partial charge in [-0.25, -0.2) is 0 Å². The third-order valence-electron chi connectivity index (χ3n) is 2.72. The molecule has 0 aliphatic carbocycles. The van der Waals surface area contributed by atoms with E-state index in [2.05, 4.69) is 5.10 Å². The molecule has 18 heavy (non-hydrogen) atoms. The highest BCUT2D eigenvalue weighted by atomic mass is 16.6. The molecular formula is C12H19N3O3. The average molecular weight is 253 g/mol. The lowest BCUT2D eigenvalue weighted by molar-refractivity contribution is -0.386. The van der Waals surface area contributed by atoms with Gasteiger partial charge < -0.3 is 0 Å². The summed E-state index contributed by atoms with van der Waals surface area (Å²) in [6.07, 6.45) is 1.28. The fourth-order valence-electron chi connectivity index (χ4n) is 1.97. The lowest BCUT2D eigenvalue weighted by atomic mass is 10.1. The Kier molecular flexibility index (Phi) is 4.58. The summed E-state index contributed by atoms with van der Waals surface area (Å²) in [6, 6.07) is 0.00169. The first kappa shape index (κ1) is 14.3. The monoisotopic (exact) mass is 253 g/mol. The van der Waals surface area contributed by atoms with Crippen molar-refractivity contribution in [3.63, 3.8) is 0 Å². The minimum Gasteiger partial charge on any atom is -0.299 e. The second-order valence-electron chi connectivity index (χ2n) is 4.64. The molecule has 0 aromatic carbocycles. The SMILES string of the molecule is CCCC(=O)Cc1c([N+](=O)[O-])c(C)nn1C(C)C. The number of rotatable bonds is 6. The lowest BCUT2D eigenvalue weighted by Crippen LogP contribution is -2.13. The van der Waals surface area contributed by atoms with E-state index in [9.17, 15) is 14.9 Å². The molecule has 0 atom stereocenters. The Morgan fingerprint density at radius 3 is 2.56 bits per heavy atom. The van der Waals surface area contributed by atoms with Gasteiger partial charge >= 0.3 is 5.69 Å². The van der Waals surface area contributed by atoms with E-state index in [1.54, 1.807) is 11.6 Å². The molecule has 0 N–H and O–H groups in total. The van der Waals surface area contributed by atoms with Crippen LogP contribution in [0.5, 0.6) is 0 Å². The molecule has 0 unspecified atom stereocenters. The van der Waals surface area contributed by atoms with Crippen molar-refractivity contribution in [2.45, 2.75) is 53.0 Å². The van der Waals surface area contributed by atoms with Gasteiger partial charge in [0.2, 0.25) is 0 Å². The molecule has 1 aromatic heterocycles. The van der Waals surface area contributed by atoms with Crippen LogP contribution in [0.3, 0.4) is 0 Å². The van der Waals surface area contributed by atoms with E-state index in [0.717, 1.165) is 6.42 Å². The maximum atomic E-state index is 11.7. The van der Waals surface area contributed by atoms with Crippen molar-refractivity contribution < 1.29 is 9.72 Å². The minimum absolute atomic E-state index is 0.00169. The van der Waals surface area contributed by atoms with Crippen LogP contribution in [-0.2, 0) is 11.2 Å². The van der Waals surface area contributed by atoms with Crippen LogP contribution in [-0.4, -0.2) is 20.5 Å². The Bertz CT molecular complexity index is 463. The lowest BCUT2D eigenvalue weighted by Gasteiger charge is -2.09. The van der Waals surface area contributed by atoms with E-state index < -0.39 is 4.92 Å². The second-order valence-corrected chi connectivity index (χ2v) is 4.64. The van der Waals surface area contributed by atoms with Gasteiger partial charge in [-0.2, -0.15) is 5.10 Å². The summed E-state index contributed by atoms with van der Waals surface area (Å²) >= 11 is 0. The summed E-state index contributed by atoms with van der Waals surface area (Å²) in [7, 11) is 0. The molecule has 0 spiro atoms. The predicted molar refractivity (Wildman–Crippen MR) is 67.6 cm³/mol. The van der Waals surface area contributed by atoms with E-state index in [1.807, 2.05) is 20.8 Å². The van der Waals surface area contributed by atoms with E-state index in [4.69, 9.17) is 0 Å². The topological polar surface area (TPSA) is 78.0 Å². The fraction of sp³-hybridized carbons (Fsp3) is 0.667. The standard InChI is InChI=1S/C12H19N3O3/c1-5-6-10(16)7-11-12(15(17)18)9(4)13-14(11)8(2)3/h8H,5-7H2,1-4H3. The number of carbonyl (C=O) groups excluding carboxylic acids is 1. The van der Waals surface area contributed by atoms with E-state index in [-0.39, 0.29) is 23.9 Å². The van der Waals surface area contributed by atoms with Gasteiger partial charge in [-0.1, -0.05) is 6.92 Å². The molecule has 0 aliphatic rings. The number of nitrogens with zero attached hydrogens (tertiary/aromatic N) is 3. The van der Waals surface area contributed by atoms with Gasteiger partial charge in [0.05, 0.1) is 11.3 Å². The zero-order valence-electron chi connectivity index (χ0n) is 11.3. The molecule has 0 bridgehead atoms. The minimum atomic E-state index is -0.449. The summed E-state index contributed by atoms with van der Waals surface area (Å²) in [5.41, 5.74) is 0.770. The van der Waals surface area contributed by atoms with E-state index in [1.165, 1.54) is 0 Å². The third kappa shape index (κ3) is 2.94. The van der Waals surface area contributed by atoms with Crippen LogP contribution in [0.25, 0.3) is 0 Å². The first-order valence-electron chi connectivity index (χ1n) is 6.12. The highest BCUT2D eigenvalue weighted by molar-refractivity contribution is 5.81. The van der Waals surface area contributed by atoms with Gasteiger partial charge in [-0.15, -0.1) is 0 Å². The largest absolute Gasteiger partial charge is 0.313 e. The predicted octanol–water partition coefficient (Wildman–Crippen LogP) is 2.59. The van der Waals surface area contributed by atoms with Crippen LogP contribution in [0.1, 0.15) is 51.0 Å². The van der Waals surface area contributed by atoms with E-state index >= 15 is 0 Å². The molecule has 0 radical (unpaired) electrons. The van der Waals surface area contributed by atoms with Crippen molar-refractivity contribution in [2.75, 3.05) is 0 Å². The molecule has 6 nitrogen and oxygen atoms in total. The molecule has 1 heterocycles. The summed E-state index contributed by atoms with van der Waals surface area (Å²) in [6.45, 7) is 7.30. The molecule has 0 aliphatic heterocycles. The molecule has 0 saturated carbocycles. The number of nitro groups is 1. The highest BCUT2D eigenvalue weighted by Crippen LogP contribution is 2.26. The Morgan fingerprint density at radius 1 is 1.50 bits per heavy atom. The molecule has 1 rings (SSSR count). The highest BCUT2D eigenvalue weighted by Gasteiger charge is 2.27. The number of carbonyl (C=O) groups is 1. The molecule has 100 valence electrons. The molecular weight excluding hydrogens is 234 g/mol. The normalized spacial score (nSPS) is 10.9. The van der Waals surface area contributed by atoms with Crippen molar-refractivity contribution in [1.29, 1.82) is 0 Å². The van der Waals surface area contributed by atoms with Crippen molar-refractivity contribution >= 4 is 11.5 Å². The number of ketones is 1. The van der Waals surface area contributed by atoms with Gasteiger partial charge in [-0.3, -0.25) is 19.6 Å². The number of aromatic nitrogens is 2. The molecule has 0 saturated heterocycles. The summed E-state index contributed by atoms with van der Waals surface area (Å²) < 4.78 is 1.58. The van der Waals surface area contributed by atoms with Crippen LogP contribution in [0.4, 0.5) is 5.69 Å². The Labute approximate surface area is 106 Å². The number of hydrogen-bond donors (Lipinski definition) is 0. The van der Waals surface area contributed by atoms with E-state index in [0.29, 0.717) is 17.8 Å². The van der Waals surface area contributed by atoms with Gasteiger partial charge in [-0.05, 0) is 27.2 Å². The molecule has 0 fully saturated rings. The van der Waals surface area contributed by atoms with Gasteiger partial charge in [0.1, 0.15) is 17.2 Å². The van der Waals surface area contributed by atoms with Crippen LogP contribution in [0, 0.1) is 17.0 Å². The molecule has 1 aromatic rings. The van der Waals surface area contributed by atoms with Crippen LogP contribution in [0.15, 0.2) is 0 Å². The summed E-state index contributed by atoms with van der Waals surface area (Å²) in [4.78, 5) is 22.3. The zero-order chi connectivity index (χ0) is 13.9. The Balaban J connectivity index is 3.20. The molecule has 0 amide bonds. The van der Waals surface area contributed by atoms with Crippen LogP contribution < -0.4 is 0 Å². The number of Topliss-reactive ketones (excluding diaryl/α,β-unsaturated/α-hetero) is 1. The quantitative estimate of drug-likeness (QED) is 0.576. The summed E-state index contributed by atoms with van der Waals surface area (Å²) in [5.74, 6) is 0.0161. The maximum Gasteiger partial charge on any atom is 0.313 e. The maximum absolute atomic E-state index is 11.7. The number of aryl methyl sites for hydroxylation is 1. The van der Waals surface area contributed by atoms with Crippen molar-refractivity contribution in [2.24, 2.45) is 0 Å². The fourth-order valence-corrected chi connectivity index (χ4v) is 1.97. The Morgan fingerprint density at radius 2 is 2.11 bits per heavy atom. The summed E-state index contributed by atoms with van der Waals surface area (Å²) in [5, 5.41) is 15.2. The van der Waals surface area contributed by atoms with Crippen molar-refractivity contribution in [3.8, 4) is 0 Å². The van der Waals surface area contributed by atoms with Gasteiger partial charge in [0.15, 0.2) is 0 Å².